The Morgan fingerprint density at radius 1 is 0.833 bits per heavy atom. The number of carbonyl (C=O) groups is 2. The molecule has 1 amide bonds. The molecular weight excluding hydrogens is 450 g/mol. The van der Waals surface area contributed by atoms with Crippen molar-refractivity contribution in [2.75, 3.05) is 0 Å². The standard InChI is InChI=1S/C31H29NO4/c1-21-8-9-27(22(2)18-21)20-36-28-16-14-25(15-17-28)24-10-12-26(13-11-24)30(33)32-29(31(34)35)19-23-6-4-3-5-7-23/h3-18,29H,19-20H2,1-2H3,(H,32,33)(H,34,35). The highest BCUT2D eigenvalue weighted by Gasteiger charge is 2.21. The molecule has 0 saturated heterocycles. The highest BCUT2D eigenvalue weighted by atomic mass is 16.5. The molecular formula is C31H29NO4. The lowest BCUT2D eigenvalue weighted by Gasteiger charge is -2.15. The van der Waals surface area contributed by atoms with Gasteiger partial charge in [0.15, 0.2) is 0 Å². The number of aryl methyl sites for hydroxylation is 2. The topological polar surface area (TPSA) is 75.6 Å². The first kappa shape index (κ1) is 24.7. The smallest absolute Gasteiger partial charge is 0.326 e. The van der Waals surface area contributed by atoms with Crippen LogP contribution in [0.3, 0.4) is 0 Å². The van der Waals surface area contributed by atoms with E-state index in [4.69, 9.17) is 4.74 Å². The summed E-state index contributed by atoms with van der Waals surface area (Å²) in [4.78, 5) is 24.4. The SMILES string of the molecule is Cc1ccc(COc2ccc(-c3ccc(C(=O)NC(Cc4ccccc4)C(=O)O)cc3)cc2)c(C)c1. The number of aliphatic carboxylic acids is 1. The van der Waals surface area contributed by atoms with Crippen molar-refractivity contribution in [2.45, 2.75) is 32.9 Å². The fraction of sp³-hybridized carbons (Fsp3) is 0.161. The summed E-state index contributed by atoms with van der Waals surface area (Å²) in [5, 5.41) is 12.2. The molecule has 0 radical (unpaired) electrons. The number of carboxylic acids is 1. The van der Waals surface area contributed by atoms with E-state index in [0.29, 0.717) is 12.2 Å². The van der Waals surface area contributed by atoms with Gasteiger partial charge >= 0.3 is 5.97 Å². The van der Waals surface area contributed by atoms with Crippen molar-refractivity contribution < 1.29 is 19.4 Å². The molecule has 0 fully saturated rings. The number of ether oxygens (including phenoxy) is 1. The maximum Gasteiger partial charge on any atom is 0.326 e. The van der Waals surface area contributed by atoms with Crippen molar-refractivity contribution in [1.82, 2.24) is 5.32 Å². The van der Waals surface area contributed by atoms with Crippen molar-refractivity contribution in [2.24, 2.45) is 0 Å². The predicted molar refractivity (Wildman–Crippen MR) is 141 cm³/mol. The van der Waals surface area contributed by atoms with E-state index in [1.165, 1.54) is 11.1 Å². The Hall–Kier alpha value is -4.38. The van der Waals surface area contributed by atoms with Crippen LogP contribution in [0.25, 0.3) is 11.1 Å². The van der Waals surface area contributed by atoms with Crippen LogP contribution in [0.15, 0.2) is 97.1 Å². The first-order valence-electron chi connectivity index (χ1n) is 11.9. The minimum absolute atomic E-state index is 0.220. The van der Waals surface area contributed by atoms with Gasteiger partial charge in [0.25, 0.3) is 5.91 Å². The monoisotopic (exact) mass is 479 g/mol. The summed E-state index contributed by atoms with van der Waals surface area (Å²) in [5.41, 5.74) is 6.81. The van der Waals surface area contributed by atoms with Crippen LogP contribution >= 0.6 is 0 Å². The van der Waals surface area contributed by atoms with E-state index >= 15 is 0 Å². The van der Waals surface area contributed by atoms with Gasteiger partial charge in [0.1, 0.15) is 18.4 Å². The lowest BCUT2D eigenvalue weighted by molar-refractivity contribution is -0.139. The van der Waals surface area contributed by atoms with Crippen LogP contribution in [-0.4, -0.2) is 23.0 Å². The molecule has 0 spiro atoms. The Bertz CT molecular complexity index is 1330. The van der Waals surface area contributed by atoms with Crippen molar-refractivity contribution in [3.63, 3.8) is 0 Å². The number of hydrogen-bond donors (Lipinski definition) is 2. The summed E-state index contributed by atoms with van der Waals surface area (Å²) in [7, 11) is 0. The third kappa shape index (κ3) is 6.39. The number of hydrogen-bond acceptors (Lipinski definition) is 3. The molecule has 0 aliphatic rings. The molecule has 0 aliphatic carbocycles. The van der Waals surface area contributed by atoms with Gasteiger partial charge in [-0.2, -0.15) is 0 Å². The van der Waals surface area contributed by atoms with Crippen LogP contribution in [0.4, 0.5) is 0 Å². The number of carbonyl (C=O) groups excluding carboxylic acids is 1. The second-order valence-corrected chi connectivity index (χ2v) is 8.87. The van der Waals surface area contributed by atoms with E-state index < -0.39 is 17.9 Å². The summed E-state index contributed by atoms with van der Waals surface area (Å²) in [5.74, 6) is -0.698. The van der Waals surface area contributed by atoms with Gasteiger partial charge in [0.2, 0.25) is 0 Å². The number of nitrogens with one attached hydrogen (secondary N) is 1. The van der Waals surface area contributed by atoms with Crippen LogP contribution in [0, 0.1) is 13.8 Å². The van der Waals surface area contributed by atoms with Gasteiger partial charge in [0.05, 0.1) is 0 Å². The molecule has 4 rings (SSSR count). The lowest BCUT2D eigenvalue weighted by Crippen LogP contribution is -2.42. The van der Waals surface area contributed by atoms with E-state index in [2.05, 4.69) is 37.4 Å². The zero-order valence-corrected chi connectivity index (χ0v) is 20.4. The fourth-order valence-corrected chi connectivity index (χ4v) is 4.02. The Morgan fingerprint density at radius 3 is 2.08 bits per heavy atom. The quantitative estimate of drug-likeness (QED) is 0.310. The van der Waals surface area contributed by atoms with Crippen molar-refractivity contribution in [1.29, 1.82) is 0 Å². The summed E-state index contributed by atoms with van der Waals surface area (Å²) < 4.78 is 5.95. The molecule has 0 bridgehead atoms. The summed E-state index contributed by atoms with van der Waals surface area (Å²) in [6.45, 7) is 4.68. The third-order valence-corrected chi connectivity index (χ3v) is 6.11. The van der Waals surface area contributed by atoms with Crippen LogP contribution in [0.1, 0.15) is 32.6 Å². The molecule has 1 unspecified atom stereocenters. The summed E-state index contributed by atoms with van der Waals surface area (Å²) in [6, 6.07) is 29.5. The molecule has 5 heteroatoms. The van der Waals surface area contributed by atoms with Crippen LogP contribution in [0.5, 0.6) is 5.75 Å². The molecule has 1 atom stereocenters. The van der Waals surface area contributed by atoms with Gasteiger partial charge in [0, 0.05) is 12.0 Å². The molecule has 4 aromatic rings. The number of amides is 1. The minimum atomic E-state index is -1.07. The number of benzene rings is 4. The molecule has 0 aromatic heterocycles. The average molecular weight is 480 g/mol. The van der Waals surface area contributed by atoms with Crippen molar-refractivity contribution in [3.8, 4) is 16.9 Å². The average Bonchev–Trinajstić information content (AvgIpc) is 2.89. The van der Waals surface area contributed by atoms with E-state index in [-0.39, 0.29) is 6.42 Å². The minimum Gasteiger partial charge on any atom is -0.489 e. The van der Waals surface area contributed by atoms with E-state index in [9.17, 15) is 14.7 Å². The van der Waals surface area contributed by atoms with E-state index in [0.717, 1.165) is 28.0 Å². The highest BCUT2D eigenvalue weighted by molar-refractivity contribution is 5.97. The molecule has 4 aromatic carbocycles. The molecule has 0 saturated carbocycles. The van der Waals surface area contributed by atoms with Gasteiger partial charge in [-0.15, -0.1) is 0 Å². The number of rotatable bonds is 9. The Labute approximate surface area is 211 Å². The van der Waals surface area contributed by atoms with Crippen LogP contribution in [0.2, 0.25) is 0 Å². The number of carboxylic acid groups (broad SMARTS) is 1. The lowest BCUT2D eigenvalue weighted by atomic mass is 10.0. The van der Waals surface area contributed by atoms with Gasteiger partial charge < -0.3 is 15.2 Å². The summed E-state index contributed by atoms with van der Waals surface area (Å²) >= 11 is 0. The fourth-order valence-electron chi connectivity index (χ4n) is 4.02. The second-order valence-electron chi connectivity index (χ2n) is 8.87. The van der Waals surface area contributed by atoms with Gasteiger partial charge in [-0.05, 0) is 65.9 Å². The van der Waals surface area contributed by atoms with Gasteiger partial charge in [-0.3, -0.25) is 4.79 Å². The zero-order chi connectivity index (χ0) is 25.5. The normalized spacial score (nSPS) is 11.5. The van der Waals surface area contributed by atoms with E-state index in [1.54, 1.807) is 12.1 Å². The van der Waals surface area contributed by atoms with E-state index in [1.807, 2.05) is 66.7 Å². The zero-order valence-electron chi connectivity index (χ0n) is 20.4. The Morgan fingerprint density at radius 2 is 1.47 bits per heavy atom. The highest BCUT2D eigenvalue weighted by Crippen LogP contribution is 2.24. The summed E-state index contributed by atoms with van der Waals surface area (Å²) in [6.07, 6.45) is 0.220. The van der Waals surface area contributed by atoms with Crippen molar-refractivity contribution >= 4 is 11.9 Å². The van der Waals surface area contributed by atoms with Crippen LogP contribution in [-0.2, 0) is 17.8 Å². The Kier molecular flexibility index (Phi) is 7.81. The third-order valence-electron chi connectivity index (χ3n) is 6.11. The molecule has 0 heterocycles. The van der Waals surface area contributed by atoms with Gasteiger partial charge in [-0.25, -0.2) is 4.79 Å². The van der Waals surface area contributed by atoms with Crippen LogP contribution < -0.4 is 10.1 Å². The van der Waals surface area contributed by atoms with Crippen molar-refractivity contribution in [3.05, 3.63) is 125 Å². The first-order valence-corrected chi connectivity index (χ1v) is 11.9. The Balaban J connectivity index is 1.37. The second kappa shape index (κ2) is 11.4. The molecule has 0 aliphatic heterocycles. The maximum atomic E-state index is 12.7. The van der Waals surface area contributed by atoms with Gasteiger partial charge in [-0.1, -0.05) is 78.4 Å². The predicted octanol–water partition coefficient (Wildman–Crippen LogP) is 5.98. The molecule has 36 heavy (non-hydrogen) atoms. The molecule has 5 nitrogen and oxygen atoms in total. The largest absolute Gasteiger partial charge is 0.489 e. The molecule has 182 valence electrons. The molecule has 2 N–H and O–H groups in total. The maximum absolute atomic E-state index is 12.7. The first-order chi connectivity index (χ1) is 17.4.